The van der Waals surface area contributed by atoms with Crippen LogP contribution in [-0.4, -0.2) is 16.2 Å². The van der Waals surface area contributed by atoms with Gasteiger partial charge < -0.3 is 9.30 Å². The Hall–Kier alpha value is -2.76. The Bertz CT molecular complexity index is 1000. The standard InChI is InChI=1S/C21H17F3N2O/c22-21(23,24)16-6-3-13(4-7-16)15-5-8-19-17(11-15)20-25-12-18(14-1-2-14)26(20)9-10-27-19/h3-8,11-12,14H,1-2,9-10H2. The number of aromatic nitrogens is 2. The first-order valence-corrected chi connectivity index (χ1v) is 9.01. The van der Waals surface area contributed by atoms with E-state index >= 15 is 0 Å². The van der Waals surface area contributed by atoms with Crippen LogP contribution in [-0.2, 0) is 12.7 Å². The summed E-state index contributed by atoms with van der Waals surface area (Å²) in [5.41, 5.74) is 3.07. The number of hydrogen-bond acceptors (Lipinski definition) is 2. The number of nitrogens with zero attached hydrogens (tertiary/aromatic N) is 2. The van der Waals surface area contributed by atoms with Gasteiger partial charge in [0.15, 0.2) is 0 Å². The van der Waals surface area contributed by atoms with E-state index in [1.165, 1.54) is 30.7 Å². The van der Waals surface area contributed by atoms with E-state index in [2.05, 4.69) is 9.55 Å². The molecule has 2 aromatic carbocycles. The molecular weight excluding hydrogens is 353 g/mol. The van der Waals surface area contributed by atoms with Crippen molar-refractivity contribution < 1.29 is 17.9 Å². The fourth-order valence-electron chi connectivity index (χ4n) is 3.65. The van der Waals surface area contributed by atoms with Crippen molar-refractivity contribution in [3.05, 3.63) is 59.9 Å². The maximum atomic E-state index is 12.8. The van der Waals surface area contributed by atoms with Gasteiger partial charge in [0.05, 0.1) is 17.7 Å². The predicted molar refractivity (Wildman–Crippen MR) is 95.6 cm³/mol. The molecule has 3 aromatic rings. The zero-order valence-corrected chi connectivity index (χ0v) is 14.5. The summed E-state index contributed by atoms with van der Waals surface area (Å²) < 4.78 is 46.5. The summed E-state index contributed by atoms with van der Waals surface area (Å²) in [6.45, 7) is 1.33. The van der Waals surface area contributed by atoms with Crippen LogP contribution < -0.4 is 4.74 Å². The van der Waals surface area contributed by atoms with Crippen LogP contribution in [0.3, 0.4) is 0 Å². The monoisotopic (exact) mass is 370 g/mol. The largest absolute Gasteiger partial charge is 0.491 e. The molecule has 6 heteroatoms. The summed E-state index contributed by atoms with van der Waals surface area (Å²) in [7, 11) is 0. The number of hydrogen-bond donors (Lipinski definition) is 0. The Morgan fingerprint density at radius 3 is 2.44 bits per heavy atom. The molecule has 0 spiro atoms. The molecule has 0 N–H and O–H groups in total. The van der Waals surface area contributed by atoms with Gasteiger partial charge in [-0.25, -0.2) is 4.98 Å². The summed E-state index contributed by atoms with van der Waals surface area (Å²) in [5, 5.41) is 0. The van der Waals surface area contributed by atoms with E-state index in [1.54, 1.807) is 0 Å². The maximum absolute atomic E-state index is 12.8. The smallest absolute Gasteiger partial charge is 0.416 e. The first-order chi connectivity index (χ1) is 13.0. The number of alkyl halides is 3. The van der Waals surface area contributed by atoms with E-state index in [9.17, 15) is 13.2 Å². The number of benzene rings is 2. The number of imidazole rings is 1. The first kappa shape index (κ1) is 16.4. The van der Waals surface area contributed by atoms with Crippen LogP contribution in [0.4, 0.5) is 13.2 Å². The van der Waals surface area contributed by atoms with Crippen LogP contribution in [0.25, 0.3) is 22.5 Å². The molecule has 5 rings (SSSR count). The molecule has 0 amide bonds. The fraction of sp³-hybridized carbons (Fsp3) is 0.286. The third kappa shape index (κ3) is 2.89. The molecule has 1 aliphatic heterocycles. The van der Waals surface area contributed by atoms with Gasteiger partial charge in [-0.1, -0.05) is 18.2 Å². The van der Waals surface area contributed by atoms with E-state index in [-0.39, 0.29) is 0 Å². The van der Waals surface area contributed by atoms with Crippen molar-refractivity contribution in [2.75, 3.05) is 6.61 Å². The second-order valence-corrected chi connectivity index (χ2v) is 7.07. The molecule has 1 aromatic heterocycles. The zero-order chi connectivity index (χ0) is 18.6. The topological polar surface area (TPSA) is 27.1 Å². The molecule has 27 heavy (non-hydrogen) atoms. The summed E-state index contributed by atoms with van der Waals surface area (Å²) in [6.07, 6.45) is 0.0197. The van der Waals surface area contributed by atoms with Gasteiger partial charge in [-0.15, -0.1) is 0 Å². The van der Waals surface area contributed by atoms with E-state index in [1.807, 2.05) is 24.4 Å². The molecule has 1 saturated carbocycles. The summed E-state index contributed by atoms with van der Waals surface area (Å²) in [5.74, 6) is 2.22. The lowest BCUT2D eigenvalue weighted by Crippen LogP contribution is -2.08. The predicted octanol–water partition coefficient (Wildman–Crippen LogP) is 5.51. The molecule has 1 fully saturated rings. The van der Waals surface area contributed by atoms with E-state index in [0.717, 1.165) is 46.9 Å². The van der Waals surface area contributed by atoms with Gasteiger partial charge in [0.2, 0.25) is 0 Å². The van der Waals surface area contributed by atoms with Gasteiger partial charge in [0.25, 0.3) is 0 Å². The molecule has 2 aliphatic rings. The van der Waals surface area contributed by atoms with Crippen molar-refractivity contribution >= 4 is 0 Å². The van der Waals surface area contributed by atoms with Gasteiger partial charge in [-0.05, 0) is 48.2 Å². The summed E-state index contributed by atoms with van der Waals surface area (Å²) >= 11 is 0. The molecule has 1 aliphatic carbocycles. The minimum Gasteiger partial charge on any atom is -0.491 e. The van der Waals surface area contributed by atoms with Crippen molar-refractivity contribution in [1.82, 2.24) is 9.55 Å². The minimum absolute atomic E-state index is 0.579. The highest BCUT2D eigenvalue weighted by molar-refractivity contribution is 5.75. The second-order valence-electron chi connectivity index (χ2n) is 7.07. The highest BCUT2D eigenvalue weighted by Crippen LogP contribution is 2.43. The second kappa shape index (κ2) is 5.87. The normalized spacial score (nSPS) is 16.3. The molecule has 0 saturated heterocycles. The number of ether oxygens (including phenoxy) is 1. The van der Waals surface area contributed by atoms with Crippen molar-refractivity contribution in [1.29, 1.82) is 0 Å². The minimum atomic E-state index is -4.33. The molecule has 0 bridgehead atoms. The summed E-state index contributed by atoms with van der Waals surface area (Å²) in [4.78, 5) is 4.63. The van der Waals surface area contributed by atoms with Crippen LogP contribution in [0.1, 0.15) is 30.0 Å². The third-order valence-corrected chi connectivity index (χ3v) is 5.22. The van der Waals surface area contributed by atoms with Gasteiger partial charge in [-0.2, -0.15) is 13.2 Å². The van der Waals surface area contributed by atoms with Gasteiger partial charge in [0, 0.05) is 17.8 Å². The van der Waals surface area contributed by atoms with Crippen molar-refractivity contribution in [3.63, 3.8) is 0 Å². The van der Waals surface area contributed by atoms with Crippen LogP contribution >= 0.6 is 0 Å². The van der Waals surface area contributed by atoms with E-state index in [0.29, 0.717) is 12.5 Å². The average Bonchev–Trinajstić information content (AvgIpc) is 3.44. The molecule has 2 heterocycles. The van der Waals surface area contributed by atoms with Crippen molar-refractivity contribution in [2.45, 2.75) is 31.5 Å². The van der Waals surface area contributed by atoms with Gasteiger partial charge in [-0.3, -0.25) is 0 Å². The summed E-state index contributed by atoms with van der Waals surface area (Å²) in [6, 6.07) is 11.0. The highest BCUT2D eigenvalue weighted by Gasteiger charge is 2.31. The molecule has 0 atom stereocenters. The van der Waals surface area contributed by atoms with Gasteiger partial charge >= 0.3 is 6.18 Å². The molecule has 138 valence electrons. The van der Waals surface area contributed by atoms with E-state index in [4.69, 9.17) is 4.74 Å². The van der Waals surface area contributed by atoms with Crippen LogP contribution in [0.5, 0.6) is 5.75 Å². The zero-order valence-electron chi connectivity index (χ0n) is 14.5. The SMILES string of the molecule is FC(F)(F)c1ccc(-c2ccc3c(c2)-c2ncc(C4CC4)n2CCO3)cc1. The maximum Gasteiger partial charge on any atom is 0.416 e. The van der Waals surface area contributed by atoms with Crippen LogP contribution in [0.2, 0.25) is 0 Å². The lowest BCUT2D eigenvalue weighted by molar-refractivity contribution is -0.137. The molecule has 0 radical (unpaired) electrons. The Morgan fingerprint density at radius 1 is 1.00 bits per heavy atom. The van der Waals surface area contributed by atoms with Crippen LogP contribution in [0.15, 0.2) is 48.7 Å². The average molecular weight is 370 g/mol. The Kier molecular flexibility index (Phi) is 3.57. The molecule has 0 unspecified atom stereocenters. The number of rotatable bonds is 2. The quantitative estimate of drug-likeness (QED) is 0.595. The lowest BCUT2D eigenvalue weighted by Gasteiger charge is -2.11. The fourth-order valence-corrected chi connectivity index (χ4v) is 3.65. The highest BCUT2D eigenvalue weighted by atomic mass is 19.4. The Balaban J connectivity index is 1.57. The first-order valence-electron chi connectivity index (χ1n) is 9.01. The number of halogens is 3. The van der Waals surface area contributed by atoms with Crippen molar-refractivity contribution in [2.24, 2.45) is 0 Å². The Morgan fingerprint density at radius 2 is 1.74 bits per heavy atom. The molecular formula is C21H17F3N2O. The molecule has 3 nitrogen and oxygen atoms in total. The Labute approximate surface area is 154 Å². The van der Waals surface area contributed by atoms with Gasteiger partial charge in [0.1, 0.15) is 18.2 Å². The van der Waals surface area contributed by atoms with Crippen LogP contribution in [0, 0.1) is 0 Å². The lowest BCUT2D eigenvalue weighted by atomic mass is 10.0. The third-order valence-electron chi connectivity index (χ3n) is 5.22. The van der Waals surface area contributed by atoms with Crippen molar-refractivity contribution in [3.8, 4) is 28.3 Å². The van der Waals surface area contributed by atoms with E-state index < -0.39 is 11.7 Å². The number of fused-ring (bicyclic) bond motifs is 3.